The second-order valence-electron chi connectivity index (χ2n) is 1.26. The monoisotopic (exact) mass is 97.1 g/mol. The first-order valence-electron chi connectivity index (χ1n) is 2.01. The highest BCUT2D eigenvalue weighted by atomic mass is 16.1. The fourth-order valence-corrected chi connectivity index (χ4v) is 0.410. The molecule has 1 heterocycles. The third kappa shape index (κ3) is 0.682. The summed E-state index contributed by atoms with van der Waals surface area (Å²) in [4.78, 5) is 12.6. The molecule has 0 aromatic carbocycles. The first kappa shape index (κ1) is 4.12. The van der Waals surface area contributed by atoms with Crippen molar-refractivity contribution in [1.82, 2.24) is 4.98 Å². The summed E-state index contributed by atoms with van der Waals surface area (Å²) >= 11 is 0. The normalized spacial score (nSPS) is 8.57. The molecule has 1 rings (SSSR count). The van der Waals surface area contributed by atoms with Crippen LogP contribution in [0.5, 0.6) is 0 Å². The van der Waals surface area contributed by atoms with E-state index in [0.29, 0.717) is 5.56 Å². The summed E-state index contributed by atoms with van der Waals surface area (Å²) in [6, 6.07) is 1.72. The minimum Gasteiger partial charge on any atom is -0.367 e. The van der Waals surface area contributed by atoms with Crippen LogP contribution in [-0.2, 0) is 0 Å². The van der Waals surface area contributed by atoms with Gasteiger partial charge in [-0.25, -0.2) is 0 Å². The van der Waals surface area contributed by atoms with Gasteiger partial charge < -0.3 is 4.98 Å². The maximum atomic E-state index is 9.85. The van der Waals surface area contributed by atoms with E-state index in [1.54, 1.807) is 18.5 Å². The molecule has 0 radical (unpaired) electrons. The van der Waals surface area contributed by atoms with Gasteiger partial charge in [-0.2, -0.15) is 0 Å². The van der Waals surface area contributed by atoms with Gasteiger partial charge in [0.25, 0.3) is 0 Å². The Balaban J connectivity index is 0.000000490. The van der Waals surface area contributed by atoms with Gasteiger partial charge in [-0.3, -0.25) is 4.79 Å². The molecular weight excluding hydrogens is 90.1 g/mol. The van der Waals surface area contributed by atoms with Crippen molar-refractivity contribution in [3.63, 3.8) is 0 Å². The number of hydrogen-bond acceptors (Lipinski definition) is 1. The van der Waals surface area contributed by atoms with Crippen LogP contribution >= 0.6 is 0 Å². The number of rotatable bonds is 1. The summed E-state index contributed by atoms with van der Waals surface area (Å²) in [6.45, 7) is 0. The van der Waals surface area contributed by atoms with E-state index in [0.717, 1.165) is 6.29 Å². The molecule has 2 heteroatoms. The lowest BCUT2D eigenvalue weighted by molar-refractivity contribution is 0.112. The summed E-state index contributed by atoms with van der Waals surface area (Å²) in [5, 5.41) is 0. The Kier molecular flexibility index (Phi) is 0.941. The third-order valence-corrected chi connectivity index (χ3v) is 0.758. The number of carbonyl (C=O) groups excluding carboxylic acids is 1. The van der Waals surface area contributed by atoms with E-state index >= 15 is 0 Å². The maximum Gasteiger partial charge on any atom is 0.151 e. The van der Waals surface area contributed by atoms with Crippen molar-refractivity contribution in [2.45, 2.75) is 0 Å². The van der Waals surface area contributed by atoms with E-state index in [2.05, 4.69) is 4.98 Å². The molecule has 0 aliphatic rings. The lowest BCUT2D eigenvalue weighted by Crippen LogP contribution is -1.66. The third-order valence-electron chi connectivity index (χ3n) is 0.758. The predicted molar refractivity (Wildman–Crippen MR) is 28.3 cm³/mol. The van der Waals surface area contributed by atoms with Gasteiger partial charge >= 0.3 is 0 Å². The van der Waals surface area contributed by atoms with E-state index in [1.165, 1.54) is 0 Å². The number of nitrogens with one attached hydrogen (secondary N) is 1. The average Bonchev–Trinajstić information content (AvgIpc) is 2.14. The SMILES string of the molecule is O=Cc1cc[nH]c1.[HH]. The molecule has 0 aliphatic heterocycles. The molecular formula is C5H7NO. The van der Waals surface area contributed by atoms with Crippen LogP contribution in [0.15, 0.2) is 18.5 Å². The predicted octanol–water partition coefficient (Wildman–Crippen LogP) is 1.07. The lowest BCUT2D eigenvalue weighted by Gasteiger charge is -1.66. The molecule has 38 valence electrons. The highest BCUT2D eigenvalue weighted by Crippen LogP contribution is 1.87. The number of hydrogen-bond donors (Lipinski definition) is 1. The molecule has 1 N–H and O–H groups in total. The Hall–Kier alpha value is -1.05. The fourth-order valence-electron chi connectivity index (χ4n) is 0.410. The summed E-state index contributed by atoms with van der Waals surface area (Å²) < 4.78 is 0. The van der Waals surface area contributed by atoms with Crippen molar-refractivity contribution < 1.29 is 6.22 Å². The highest BCUT2D eigenvalue weighted by Gasteiger charge is 1.81. The second kappa shape index (κ2) is 1.60. The zero-order chi connectivity index (χ0) is 5.11. The maximum absolute atomic E-state index is 9.85. The van der Waals surface area contributed by atoms with E-state index in [9.17, 15) is 4.79 Å². The van der Waals surface area contributed by atoms with Crippen molar-refractivity contribution in [2.75, 3.05) is 0 Å². The zero-order valence-electron chi connectivity index (χ0n) is 3.72. The molecule has 7 heavy (non-hydrogen) atoms. The van der Waals surface area contributed by atoms with E-state index < -0.39 is 0 Å². The van der Waals surface area contributed by atoms with Crippen LogP contribution in [-0.4, -0.2) is 11.3 Å². The molecule has 0 unspecified atom stereocenters. The number of aromatic amines is 1. The highest BCUT2D eigenvalue weighted by molar-refractivity contribution is 5.73. The van der Waals surface area contributed by atoms with Gasteiger partial charge in [-0.15, -0.1) is 0 Å². The van der Waals surface area contributed by atoms with Crippen molar-refractivity contribution in [1.29, 1.82) is 0 Å². The van der Waals surface area contributed by atoms with Crippen molar-refractivity contribution in [3.05, 3.63) is 24.0 Å². The summed E-state index contributed by atoms with van der Waals surface area (Å²) in [5.41, 5.74) is 0.694. The van der Waals surface area contributed by atoms with Crippen LogP contribution in [0.25, 0.3) is 0 Å². The number of aldehydes is 1. The summed E-state index contributed by atoms with van der Waals surface area (Å²) in [5.74, 6) is 0. The molecule has 0 bridgehead atoms. The molecule has 0 saturated heterocycles. The molecule has 0 fully saturated rings. The lowest BCUT2D eigenvalue weighted by atomic mass is 10.4. The van der Waals surface area contributed by atoms with Gasteiger partial charge in [0.15, 0.2) is 6.29 Å². The average molecular weight is 97.1 g/mol. The zero-order valence-corrected chi connectivity index (χ0v) is 3.72. The number of H-pyrrole nitrogens is 1. The van der Waals surface area contributed by atoms with Crippen LogP contribution in [0.2, 0.25) is 0 Å². The van der Waals surface area contributed by atoms with Gasteiger partial charge in [-0.05, 0) is 6.07 Å². The van der Waals surface area contributed by atoms with Crippen LogP contribution < -0.4 is 0 Å². The van der Waals surface area contributed by atoms with Gasteiger partial charge in [0.2, 0.25) is 0 Å². The van der Waals surface area contributed by atoms with E-state index in [-0.39, 0.29) is 1.43 Å². The van der Waals surface area contributed by atoms with Crippen LogP contribution in [0.3, 0.4) is 0 Å². The smallest absolute Gasteiger partial charge is 0.151 e. The molecule has 0 spiro atoms. The van der Waals surface area contributed by atoms with Crippen molar-refractivity contribution in [3.8, 4) is 0 Å². The molecule has 0 aliphatic carbocycles. The standard InChI is InChI=1S/C5H5NO.H2/c7-4-5-1-2-6-3-5;/h1-4,6H;1H. The Labute approximate surface area is 42.7 Å². The topological polar surface area (TPSA) is 32.9 Å². The minimum atomic E-state index is 0. The second-order valence-corrected chi connectivity index (χ2v) is 1.26. The first-order chi connectivity index (χ1) is 3.43. The van der Waals surface area contributed by atoms with Crippen molar-refractivity contribution in [2.24, 2.45) is 0 Å². The Morgan fingerprint density at radius 3 is 3.00 bits per heavy atom. The van der Waals surface area contributed by atoms with Crippen molar-refractivity contribution >= 4 is 6.29 Å². The summed E-state index contributed by atoms with van der Waals surface area (Å²) in [7, 11) is 0. The van der Waals surface area contributed by atoms with Gasteiger partial charge in [0.05, 0.1) is 0 Å². The minimum absolute atomic E-state index is 0. The van der Waals surface area contributed by atoms with Crippen LogP contribution in [0, 0.1) is 0 Å². The number of aromatic nitrogens is 1. The van der Waals surface area contributed by atoms with E-state index in [4.69, 9.17) is 0 Å². The van der Waals surface area contributed by atoms with Gasteiger partial charge in [-0.1, -0.05) is 0 Å². The molecule has 2 nitrogen and oxygen atoms in total. The number of carbonyl (C=O) groups is 1. The molecule has 0 saturated carbocycles. The molecule has 0 atom stereocenters. The summed E-state index contributed by atoms with van der Waals surface area (Å²) in [6.07, 6.45) is 4.16. The fraction of sp³-hybridized carbons (Fsp3) is 0. The van der Waals surface area contributed by atoms with Gasteiger partial charge in [0, 0.05) is 19.4 Å². The largest absolute Gasteiger partial charge is 0.367 e. The Bertz CT molecular complexity index is 147. The first-order valence-corrected chi connectivity index (χ1v) is 2.01. The van der Waals surface area contributed by atoms with E-state index in [1.807, 2.05) is 0 Å². The molecule has 1 aromatic rings. The molecule has 1 aromatic heterocycles. The Morgan fingerprint density at radius 1 is 1.86 bits per heavy atom. The molecule has 0 amide bonds. The quantitative estimate of drug-likeness (QED) is 0.522. The van der Waals surface area contributed by atoms with Gasteiger partial charge in [0.1, 0.15) is 0 Å². The van der Waals surface area contributed by atoms with Crippen LogP contribution in [0.1, 0.15) is 11.8 Å². The Morgan fingerprint density at radius 2 is 2.71 bits per heavy atom. The van der Waals surface area contributed by atoms with Crippen LogP contribution in [0.4, 0.5) is 0 Å².